The molecule has 1 aromatic heterocycles. The van der Waals surface area contributed by atoms with Gasteiger partial charge in [-0.1, -0.05) is 0 Å². The minimum absolute atomic E-state index is 0.113. The van der Waals surface area contributed by atoms with Crippen molar-refractivity contribution in [2.45, 2.75) is 37.5 Å². The fourth-order valence-corrected chi connectivity index (χ4v) is 4.39. The molecule has 20 heavy (non-hydrogen) atoms. The molecule has 3 rings (SSSR count). The summed E-state index contributed by atoms with van der Waals surface area (Å²) in [4.78, 5) is 0.196. The van der Waals surface area contributed by atoms with Gasteiger partial charge < -0.3 is 5.73 Å². The third-order valence-corrected chi connectivity index (χ3v) is 6.22. The van der Waals surface area contributed by atoms with Gasteiger partial charge in [0.2, 0.25) is 10.0 Å². The molecule has 0 saturated heterocycles. The van der Waals surface area contributed by atoms with Crippen LogP contribution in [0, 0.1) is 18.8 Å². The van der Waals surface area contributed by atoms with Gasteiger partial charge in [-0.2, -0.15) is 9.40 Å². The summed E-state index contributed by atoms with van der Waals surface area (Å²) in [6, 6.07) is 0. The number of anilines is 1. The van der Waals surface area contributed by atoms with Crippen LogP contribution in [-0.4, -0.2) is 35.6 Å². The maximum atomic E-state index is 12.9. The summed E-state index contributed by atoms with van der Waals surface area (Å²) in [5.41, 5.74) is 6.43. The van der Waals surface area contributed by atoms with Crippen LogP contribution in [0.25, 0.3) is 0 Å². The van der Waals surface area contributed by atoms with E-state index in [-0.39, 0.29) is 10.7 Å². The van der Waals surface area contributed by atoms with Crippen molar-refractivity contribution in [3.63, 3.8) is 0 Å². The van der Waals surface area contributed by atoms with E-state index in [0.29, 0.717) is 30.6 Å². The molecule has 6 nitrogen and oxygen atoms in total. The SMILES string of the molecule is Cc1c(S(=O)(=O)N(CC2CC2)CC2CC2)c(N)nn1C. The van der Waals surface area contributed by atoms with Gasteiger partial charge >= 0.3 is 0 Å². The van der Waals surface area contributed by atoms with E-state index in [1.54, 1.807) is 18.3 Å². The zero-order valence-corrected chi connectivity index (χ0v) is 12.9. The Morgan fingerprint density at radius 1 is 1.25 bits per heavy atom. The number of nitrogens with two attached hydrogens (primary N) is 1. The minimum Gasteiger partial charge on any atom is -0.381 e. The summed E-state index contributed by atoms with van der Waals surface area (Å²) >= 11 is 0. The first kappa shape index (κ1) is 13.9. The highest BCUT2D eigenvalue weighted by atomic mass is 32.2. The molecule has 2 aliphatic rings. The van der Waals surface area contributed by atoms with E-state index in [9.17, 15) is 8.42 Å². The number of aryl methyl sites for hydroxylation is 1. The van der Waals surface area contributed by atoms with E-state index in [1.807, 2.05) is 0 Å². The highest BCUT2D eigenvalue weighted by Gasteiger charge is 2.38. The first-order valence-corrected chi connectivity index (χ1v) is 8.63. The number of nitrogens with zero attached hydrogens (tertiary/aromatic N) is 3. The van der Waals surface area contributed by atoms with E-state index < -0.39 is 10.0 Å². The van der Waals surface area contributed by atoms with Crippen LogP contribution in [0.4, 0.5) is 5.82 Å². The molecule has 2 fully saturated rings. The lowest BCUT2D eigenvalue weighted by Crippen LogP contribution is -2.35. The van der Waals surface area contributed by atoms with Crippen molar-refractivity contribution < 1.29 is 8.42 Å². The monoisotopic (exact) mass is 298 g/mol. The smallest absolute Gasteiger partial charge is 0.248 e. The van der Waals surface area contributed by atoms with Crippen molar-refractivity contribution in [1.82, 2.24) is 14.1 Å². The molecule has 1 heterocycles. The average molecular weight is 298 g/mol. The van der Waals surface area contributed by atoms with Gasteiger partial charge in [-0.15, -0.1) is 0 Å². The quantitative estimate of drug-likeness (QED) is 0.853. The molecule has 7 heteroatoms. The first-order valence-electron chi connectivity index (χ1n) is 7.19. The molecule has 2 saturated carbocycles. The molecule has 0 aromatic carbocycles. The molecule has 0 bridgehead atoms. The van der Waals surface area contributed by atoms with Gasteiger partial charge in [-0.25, -0.2) is 8.42 Å². The fourth-order valence-electron chi connectivity index (χ4n) is 2.51. The predicted molar refractivity (Wildman–Crippen MR) is 76.6 cm³/mol. The van der Waals surface area contributed by atoms with Crippen molar-refractivity contribution in [3.8, 4) is 0 Å². The van der Waals surface area contributed by atoms with Gasteiger partial charge in [0, 0.05) is 20.1 Å². The van der Waals surface area contributed by atoms with Crippen molar-refractivity contribution in [3.05, 3.63) is 5.69 Å². The second-order valence-corrected chi connectivity index (χ2v) is 8.01. The highest BCUT2D eigenvalue weighted by molar-refractivity contribution is 7.89. The first-order chi connectivity index (χ1) is 9.39. The van der Waals surface area contributed by atoms with Crippen molar-refractivity contribution in [2.75, 3.05) is 18.8 Å². The number of rotatable bonds is 6. The molecule has 0 amide bonds. The Kier molecular flexibility index (Phi) is 3.29. The molecule has 2 aliphatic carbocycles. The number of aromatic nitrogens is 2. The third-order valence-electron chi connectivity index (χ3n) is 4.22. The van der Waals surface area contributed by atoms with Crippen LogP contribution in [-0.2, 0) is 17.1 Å². The normalized spacial score (nSPS) is 19.8. The summed E-state index contributed by atoms with van der Waals surface area (Å²) in [5.74, 6) is 1.17. The van der Waals surface area contributed by atoms with Crippen LogP contribution in [0.1, 0.15) is 31.4 Å². The van der Waals surface area contributed by atoms with E-state index in [2.05, 4.69) is 5.10 Å². The second kappa shape index (κ2) is 4.73. The molecule has 2 N–H and O–H groups in total. The molecular weight excluding hydrogens is 276 g/mol. The predicted octanol–water partition coefficient (Wildman–Crippen LogP) is 1.12. The van der Waals surface area contributed by atoms with Gasteiger partial charge in [0.05, 0.1) is 5.69 Å². The van der Waals surface area contributed by atoms with E-state index in [4.69, 9.17) is 5.73 Å². The lowest BCUT2D eigenvalue weighted by molar-refractivity contribution is 0.382. The largest absolute Gasteiger partial charge is 0.381 e. The van der Waals surface area contributed by atoms with Crippen LogP contribution in [0.15, 0.2) is 4.90 Å². The Balaban J connectivity index is 1.93. The molecule has 0 unspecified atom stereocenters. The molecule has 112 valence electrons. The summed E-state index contributed by atoms with van der Waals surface area (Å²) < 4.78 is 29.0. The number of hydrogen-bond donors (Lipinski definition) is 1. The van der Waals surface area contributed by atoms with Crippen LogP contribution in [0.2, 0.25) is 0 Å². The third kappa shape index (κ3) is 2.56. The topological polar surface area (TPSA) is 81.2 Å². The summed E-state index contributed by atoms with van der Waals surface area (Å²) in [6.45, 7) is 3.02. The van der Waals surface area contributed by atoms with Gasteiger partial charge in [0.25, 0.3) is 0 Å². The van der Waals surface area contributed by atoms with Crippen LogP contribution in [0.3, 0.4) is 0 Å². The average Bonchev–Trinajstić information content (AvgIpc) is 3.22. The summed E-state index contributed by atoms with van der Waals surface area (Å²) in [7, 11) is -1.81. The van der Waals surface area contributed by atoms with Gasteiger partial charge in [-0.3, -0.25) is 4.68 Å². The van der Waals surface area contributed by atoms with Crippen LogP contribution in [0.5, 0.6) is 0 Å². The zero-order valence-electron chi connectivity index (χ0n) is 12.0. The van der Waals surface area contributed by atoms with E-state index in [0.717, 1.165) is 25.7 Å². The van der Waals surface area contributed by atoms with Crippen molar-refractivity contribution in [1.29, 1.82) is 0 Å². The lowest BCUT2D eigenvalue weighted by Gasteiger charge is -2.22. The number of hydrogen-bond acceptors (Lipinski definition) is 4. The van der Waals surface area contributed by atoms with Gasteiger partial charge in [-0.05, 0) is 44.4 Å². The minimum atomic E-state index is -3.53. The number of nitrogen functional groups attached to an aromatic ring is 1. The summed E-state index contributed by atoms with van der Waals surface area (Å²) in [5, 5.41) is 4.04. The lowest BCUT2D eigenvalue weighted by atomic mass is 10.4. The van der Waals surface area contributed by atoms with Gasteiger partial charge in [0.15, 0.2) is 5.82 Å². The van der Waals surface area contributed by atoms with E-state index in [1.165, 1.54) is 4.68 Å². The molecular formula is C13H22N4O2S. The standard InChI is InChI=1S/C13H22N4O2S/c1-9-12(13(14)15-16(9)2)20(18,19)17(7-10-3-4-10)8-11-5-6-11/h10-11H,3-8H2,1-2H3,(H2,14,15). The van der Waals surface area contributed by atoms with Gasteiger partial charge in [0.1, 0.15) is 4.90 Å². The molecule has 0 atom stereocenters. The maximum Gasteiger partial charge on any atom is 0.248 e. The Hall–Kier alpha value is -1.08. The number of sulfonamides is 1. The molecule has 1 aromatic rings. The molecule has 0 radical (unpaired) electrons. The zero-order chi connectivity index (χ0) is 14.5. The summed E-state index contributed by atoms with van der Waals surface area (Å²) in [6.07, 6.45) is 4.55. The van der Waals surface area contributed by atoms with Crippen LogP contribution < -0.4 is 5.73 Å². The van der Waals surface area contributed by atoms with Crippen molar-refractivity contribution >= 4 is 15.8 Å². The molecule has 0 spiro atoms. The maximum absolute atomic E-state index is 12.9. The van der Waals surface area contributed by atoms with E-state index >= 15 is 0 Å². The van der Waals surface area contributed by atoms with Crippen molar-refractivity contribution in [2.24, 2.45) is 18.9 Å². The Morgan fingerprint density at radius 2 is 1.75 bits per heavy atom. The molecule has 0 aliphatic heterocycles. The Labute approximate surface area is 120 Å². The second-order valence-electron chi connectivity index (χ2n) is 6.13. The van der Waals surface area contributed by atoms with Crippen LogP contribution >= 0.6 is 0 Å². The Morgan fingerprint density at radius 3 is 2.10 bits per heavy atom. The fraction of sp³-hybridized carbons (Fsp3) is 0.769. The Bertz CT molecular complexity index is 601. The highest BCUT2D eigenvalue weighted by Crippen LogP contribution is 2.37.